The molecule has 0 bridgehead atoms. The molecule has 1 aromatic carbocycles. The summed E-state index contributed by atoms with van der Waals surface area (Å²) in [4.78, 5) is 16.4. The van der Waals surface area contributed by atoms with Gasteiger partial charge in [0.2, 0.25) is 5.91 Å². The van der Waals surface area contributed by atoms with Gasteiger partial charge in [-0.2, -0.15) is 0 Å². The molecular formula is C20H34N4O2. The van der Waals surface area contributed by atoms with Crippen molar-refractivity contribution in [2.45, 2.75) is 34.3 Å². The van der Waals surface area contributed by atoms with Crippen LogP contribution in [0, 0.1) is 11.3 Å². The average molecular weight is 363 g/mol. The molecule has 26 heavy (non-hydrogen) atoms. The number of guanidine groups is 1. The molecule has 1 unspecified atom stereocenters. The van der Waals surface area contributed by atoms with E-state index in [2.05, 4.69) is 40.0 Å². The highest BCUT2D eigenvalue weighted by Gasteiger charge is 2.26. The molecule has 0 aromatic heterocycles. The van der Waals surface area contributed by atoms with E-state index in [4.69, 9.17) is 4.74 Å². The normalized spacial score (nSPS) is 13.2. The van der Waals surface area contributed by atoms with E-state index in [0.29, 0.717) is 25.7 Å². The zero-order valence-electron chi connectivity index (χ0n) is 16.8. The highest BCUT2D eigenvalue weighted by molar-refractivity contribution is 5.83. The van der Waals surface area contributed by atoms with Crippen LogP contribution < -0.4 is 16.0 Å². The predicted molar refractivity (Wildman–Crippen MR) is 107 cm³/mol. The molecule has 0 radical (unpaired) electrons. The Kier molecular flexibility index (Phi) is 9.73. The molecule has 0 aliphatic rings. The van der Waals surface area contributed by atoms with Crippen molar-refractivity contribution < 1.29 is 9.53 Å². The molecule has 6 nitrogen and oxygen atoms in total. The minimum absolute atomic E-state index is 0.0141. The van der Waals surface area contributed by atoms with Crippen LogP contribution in [-0.4, -0.2) is 45.2 Å². The molecule has 1 aromatic rings. The lowest BCUT2D eigenvalue weighted by atomic mass is 9.93. The lowest BCUT2D eigenvalue weighted by Crippen LogP contribution is -2.42. The number of nitrogens with zero attached hydrogens (tertiary/aromatic N) is 1. The Bertz CT molecular complexity index is 558. The van der Waals surface area contributed by atoms with Gasteiger partial charge in [0.15, 0.2) is 5.96 Å². The lowest BCUT2D eigenvalue weighted by Gasteiger charge is -2.21. The number of benzene rings is 1. The third kappa shape index (κ3) is 8.34. The molecule has 1 atom stereocenters. The molecule has 6 heteroatoms. The number of carbonyl (C=O) groups excluding carboxylic acids is 1. The standard InChI is InChI=1S/C20H34N4O2/c1-6-22-19(24-15-20(3,4)18(25)21-5)23-12-16(2)13-26-14-17-10-8-7-9-11-17/h7-11,16H,6,12-15H2,1-5H3,(H,21,25)(H2,22,23,24). The van der Waals surface area contributed by atoms with Gasteiger partial charge in [0.25, 0.3) is 0 Å². The molecule has 0 spiro atoms. The third-order valence-electron chi connectivity index (χ3n) is 3.95. The van der Waals surface area contributed by atoms with Crippen LogP contribution in [0.2, 0.25) is 0 Å². The van der Waals surface area contributed by atoms with Gasteiger partial charge in [-0.3, -0.25) is 9.79 Å². The van der Waals surface area contributed by atoms with Crippen molar-refractivity contribution in [1.29, 1.82) is 0 Å². The van der Waals surface area contributed by atoms with Crippen molar-refractivity contribution in [2.24, 2.45) is 16.3 Å². The number of nitrogens with one attached hydrogen (secondary N) is 3. The van der Waals surface area contributed by atoms with Crippen molar-refractivity contribution >= 4 is 11.9 Å². The summed E-state index contributed by atoms with van der Waals surface area (Å²) < 4.78 is 5.78. The van der Waals surface area contributed by atoms with E-state index in [0.717, 1.165) is 19.0 Å². The average Bonchev–Trinajstić information content (AvgIpc) is 2.64. The molecule has 0 aliphatic carbocycles. The number of hydrogen-bond donors (Lipinski definition) is 3. The fraction of sp³-hybridized carbons (Fsp3) is 0.600. The molecule has 1 rings (SSSR count). The van der Waals surface area contributed by atoms with E-state index < -0.39 is 5.41 Å². The van der Waals surface area contributed by atoms with E-state index in [1.807, 2.05) is 39.0 Å². The highest BCUT2D eigenvalue weighted by Crippen LogP contribution is 2.15. The molecular weight excluding hydrogens is 328 g/mol. The van der Waals surface area contributed by atoms with Crippen LogP contribution in [0.15, 0.2) is 35.3 Å². The SMILES string of the molecule is CCNC(=NCC(C)(C)C(=O)NC)NCC(C)COCc1ccccc1. The zero-order valence-corrected chi connectivity index (χ0v) is 16.8. The number of hydrogen-bond acceptors (Lipinski definition) is 3. The van der Waals surface area contributed by atoms with Crippen molar-refractivity contribution in [1.82, 2.24) is 16.0 Å². The van der Waals surface area contributed by atoms with E-state index >= 15 is 0 Å². The third-order valence-corrected chi connectivity index (χ3v) is 3.95. The van der Waals surface area contributed by atoms with E-state index in [1.165, 1.54) is 5.56 Å². The number of rotatable bonds is 10. The summed E-state index contributed by atoms with van der Waals surface area (Å²) >= 11 is 0. The van der Waals surface area contributed by atoms with Crippen LogP contribution in [0.5, 0.6) is 0 Å². The fourth-order valence-electron chi connectivity index (χ4n) is 2.31. The van der Waals surface area contributed by atoms with Crippen molar-refractivity contribution in [3.8, 4) is 0 Å². The monoisotopic (exact) mass is 362 g/mol. The maximum atomic E-state index is 11.9. The first-order valence-electron chi connectivity index (χ1n) is 9.25. The maximum Gasteiger partial charge on any atom is 0.227 e. The van der Waals surface area contributed by atoms with Crippen LogP contribution in [0.3, 0.4) is 0 Å². The van der Waals surface area contributed by atoms with Crippen LogP contribution in [0.4, 0.5) is 0 Å². The van der Waals surface area contributed by atoms with Crippen molar-refractivity contribution in [3.05, 3.63) is 35.9 Å². The van der Waals surface area contributed by atoms with Crippen LogP contribution in [0.25, 0.3) is 0 Å². The van der Waals surface area contributed by atoms with Crippen LogP contribution >= 0.6 is 0 Å². The molecule has 0 aliphatic heterocycles. The van der Waals surface area contributed by atoms with Gasteiger partial charge in [-0.05, 0) is 32.3 Å². The van der Waals surface area contributed by atoms with Crippen molar-refractivity contribution in [2.75, 3.05) is 33.3 Å². The Morgan fingerprint density at radius 3 is 2.54 bits per heavy atom. The summed E-state index contributed by atoms with van der Waals surface area (Å²) in [5.74, 6) is 1.05. The van der Waals surface area contributed by atoms with Gasteiger partial charge in [-0.1, -0.05) is 37.3 Å². The Hall–Kier alpha value is -2.08. The highest BCUT2D eigenvalue weighted by atomic mass is 16.5. The minimum atomic E-state index is -0.540. The molecule has 146 valence electrons. The number of carbonyl (C=O) groups is 1. The van der Waals surface area contributed by atoms with Gasteiger partial charge in [0.05, 0.1) is 25.2 Å². The summed E-state index contributed by atoms with van der Waals surface area (Å²) in [6, 6.07) is 10.2. The van der Waals surface area contributed by atoms with Crippen molar-refractivity contribution in [3.63, 3.8) is 0 Å². The van der Waals surface area contributed by atoms with E-state index in [9.17, 15) is 4.79 Å². The summed E-state index contributed by atoms with van der Waals surface area (Å²) in [6.45, 7) is 11.2. The first kappa shape index (κ1) is 22.0. The minimum Gasteiger partial charge on any atom is -0.376 e. The second-order valence-corrected chi connectivity index (χ2v) is 7.14. The van der Waals surface area contributed by atoms with Gasteiger partial charge >= 0.3 is 0 Å². The van der Waals surface area contributed by atoms with E-state index in [1.54, 1.807) is 7.05 Å². The zero-order chi connectivity index (χ0) is 19.4. The topological polar surface area (TPSA) is 74.8 Å². The van der Waals surface area contributed by atoms with E-state index in [-0.39, 0.29) is 5.91 Å². The van der Waals surface area contributed by atoms with Crippen LogP contribution in [-0.2, 0) is 16.1 Å². The molecule has 3 N–H and O–H groups in total. The van der Waals surface area contributed by atoms with Gasteiger partial charge in [0, 0.05) is 20.1 Å². The maximum absolute atomic E-state index is 11.9. The smallest absolute Gasteiger partial charge is 0.227 e. The summed E-state index contributed by atoms with van der Waals surface area (Å²) in [7, 11) is 1.65. The lowest BCUT2D eigenvalue weighted by molar-refractivity contribution is -0.128. The van der Waals surface area contributed by atoms with Gasteiger partial charge < -0.3 is 20.7 Å². The number of amides is 1. The Morgan fingerprint density at radius 2 is 1.92 bits per heavy atom. The van der Waals surface area contributed by atoms with Gasteiger partial charge in [0.1, 0.15) is 0 Å². The quantitative estimate of drug-likeness (QED) is 0.440. The second-order valence-electron chi connectivity index (χ2n) is 7.14. The first-order chi connectivity index (χ1) is 12.4. The summed E-state index contributed by atoms with van der Waals surface area (Å²) in [6.07, 6.45) is 0. The first-order valence-corrected chi connectivity index (χ1v) is 9.25. The molecule has 1 amide bonds. The van der Waals surface area contributed by atoms with Gasteiger partial charge in [-0.25, -0.2) is 0 Å². The molecule has 0 saturated heterocycles. The molecule has 0 saturated carbocycles. The Morgan fingerprint density at radius 1 is 1.23 bits per heavy atom. The molecule has 0 fully saturated rings. The summed E-state index contributed by atoms with van der Waals surface area (Å²) in [5, 5.41) is 9.22. The Labute approximate surface area is 157 Å². The summed E-state index contributed by atoms with van der Waals surface area (Å²) in [5.41, 5.74) is 0.639. The molecule has 0 heterocycles. The second kappa shape index (κ2) is 11.5. The number of aliphatic imine (C=N–C) groups is 1. The largest absolute Gasteiger partial charge is 0.376 e. The van der Waals surface area contributed by atoms with Gasteiger partial charge in [-0.15, -0.1) is 0 Å². The Balaban J connectivity index is 2.41. The fourth-order valence-corrected chi connectivity index (χ4v) is 2.31. The van der Waals surface area contributed by atoms with Crippen LogP contribution in [0.1, 0.15) is 33.3 Å². The number of ether oxygens (including phenoxy) is 1. The predicted octanol–water partition coefficient (Wildman–Crippen LogP) is 2.17.